The molecule has 0 spiro atoms. The Morgan fingerprint density at radius 3 is 2.32 bits per heavy atom. The van der Waals surface area contributed by atoms with Gasteiger partial charge in [0, 0.05) is 12.1 Å². The van der Waals surface area contributed by atoms with Crippen LogP contribution in [0.1, 0.15) is 12.5 Å². The summed E-state index contributed by atoms with van der Waals surface area (Å²) in [4.78, 5) is 21.1. The lowest BCUT2D eigenvalue weighted by molar-refractivity contribution is -0.139. The summed E-state index contributed by atoms with van der Waals surface area (Å²) in [7, 11) is 0. The maximum Gasteiger partial charge on any atom is 0.316 e. The predicted octanol–water partition coefficient (Wildman–Crippen LogP) is 3.30. The first-order chi connectivity index (χ1) is 13.3. The van der Waals surface area contributed by atoms with E-state index in [2.05, 4.69) is 26.0 Å². The van der Waals surface area contributed by atoms with E-state index in [1.807, 2.05) is 0 Å². The molecule has 2 aromatic carbocycles. The molecule has 0 saturated heterocycles. The number of benzene rings is 2. The summed E-state index contributed by atoms with van der Waals surface area (Å²) in [5.74, 6) is -0.748. The van der Waals surface area contributed by atoms with Gasteiger partial charge in [-0.1, -0.05) is 15.9 Å². The van der Waals surface area contributed by atoms with E-state index < -0.39 is 0 Å². The molecule has 1 aliphatic rings. The monoisotopic (exact) mass is 457 g/mol. The Morgan fingerprint density at radius 1 is 1.14 bits per heavy atom. The van der Waals surface area contributed by atoms with Gasteiger partial charge in [0.15, 0.2) is 5.78 Å². The molecule has 0 radical (unpaired) electrons. The molecule has 0 unspecified atom stereocenters. The molecule has 28 heavy (non-hydrogen) atoms. The molecule has 0 aromatic heterocycles. The van der Waals surface area contributed by atoms with Gasteiger partial charge < -0.3 is 21.5 Å². The van der Waals surface area contributed by atoms with E-state index >= 15 is 0 Å². The summed E-state index contributed by atoms with van der Waals surface area (Å²) in [5.41, 5.74) is 12.9. The van der Waals surface area contributed by atoms with Crippen LogP contribution in [-0.4, -0.2) is 30.2 Å². The first-order valence-electron chi connectivity index (χ1n) is 8.32. The zero-order valence-corrected chi connectivity index (χ0v) is 16.9. The zero-order valence-electron chi connectivity index (χ0n) is 15.3. The maximum absolute atomic E-state index is 12.7. The zero-order chi connectivity index (χ0) is 21.1. The molecular formula is C19H22BrF2N3O3. The number of halogens is 3. The quantitative estimate of drug-likeness (QED) is 0.362. The largest absolute Gasteiger partial charge is 0.465 e. The number of carbonyl (C=O) groups excluding carboxylic acids is 2. The summed E-state index contributed by atoms with van der Waals surface area (Å²) in [6.07, 6.45) is 0.347. The third-order valence-corrected chi connectivity index (χ3v) is 3.85. The highest BCUT2D eigenvalue weighted by Gasteiger charge is 2.14. The lowest BCUT2D eigenvalue weighted by atomic mass is 10.0. The Bertz CT molecular complexity index is 819. The minimum absolute atomic E-state index is 0.105. The van der Waals surface area contributed by atoms with Crippen molar-refractivity contribution in [2.45, 2.75) is 13.3 Å². The lowest BCUT2D eigenvalue weighted by Gasteiger charge is -2.16. The number of nitrogens with two attached hydrogens (primary N) is 2. The molecule has 1 aliphatic heterocycles. The van der Waals surface area contributed by atoms with E-state index in [0.29, 0.717) is 30.6 Å². The first-order valence-corrected chi connectivity index (χ1v) is 9.45. The van der Waals surface area contributed by atoms with Crippen molar-refractivity contribution in [3.63, 3.8) is 0 Å². The fraction of sp³-hybridized carbons (Fsp3) is 0.263. The van der Waals surface area contributed by atoms with E-state index in [4.69, 9.17) is 11.5 Å². The molecule has 0 saturated carbocycles. The number of Topliss-reactive ketones (excluding diaryl/α,β-unsaturated/α-hetero) is 1. The van der Waals surface area contributed by atoms with E-state index in [0.717, 1.165) is 11.3 Å². The molecule has 0 aliphatic carbocycles. The first kappa shape index (κ1) is 23.4. The average Bonchev–Trinajstić information content (AvgIpc) is 2.66. The SMILES string of the molecule is CCOC(=O)CBr.Nc1ccc(F)cc1N.O=C1CNc2ccc(F)cc2C1. The number of nitrogen functional groups attached to an aromatic ring is 2. The van der Waals surface area contributed by atoms with Crippen molar-refractivity contribution in [3.8, 4) is 0 Å². The van der Waals surface area contributed by atoms with Crippen LogP contribution in [0.2, 0.25) is 0 Å². The Balaban J connectivity index is 0.000000220. The van der Waals surface area contributed by atoms with Gasteiger partial charge in [-0.2, -0.15) is 0 Å². The Labute approximate surface area is 170 Å². The number of ketones is 1. The molecule has 0 atom stereocenters. The predicted molar refractivity (Wildman–Crippen MR) is 109 cm³/mol. The van der Waals surface area contributed by atoms with Gasteiger partial charge in [-0.25, -0.2) is 8.78 Å². The number of nitrogens with one attached hydrogen (secondary N) is 1. The van der Waals surface area contributed by atoms with Crippen molar-refractivity contribution in [2.75, 3.05) is 35.3 Å². The van der Waals surface area contributed by atoms with Crippen molar-refractivity contribution in [1.82, 2.24) is 0 Å². The highest BCUT2D eigenvalue weighted by Crippen LogP contribution is 2.20. The van der Waals surface area contributed by atoms with Gasteiger partial charge in [0.2, 0.25) is 0 Å². The van der Waals surface area contributed by atoms with Gasteiger partial charge in [-0.15, -0.1) is 0 Å². The fourth-order valence-electron chi connectivity index (χ4n) is 2.09. The number of hydrogen-bond donors (Lipinski definition) is 3. The molecule has 9 heteroatoms. The highest BCUT2D eigenvalue weighted by molar-refractivity contribution is 9.09. The van der Waals surface area contributed by atoms with Crippen molar-refractivity contribution in [2.24, 2.45) is 0 Å². The summed E-state index contributed by atoms with van der Waals surface area (Å²) < 4.78 is 29.4. The molecule has 2 aromatic rings. The number of hydrogen-bond acceptors (Lipinski definition) is 6. The number of carbonyl (C=O) groups is 2. The topological polar surface area (TPSA) is 107 Å². The summed E-state index contributed by atoms with van der Waals surface area (Å²) >= 11 is 2.94. The molecule has 6 nitrogen and oxygen atoms in total. The normalized spacial score (nSPS) is 11.6. The lowest BCUT2D eigenvalue weighted by Crippen LogP contribution is -2.22. The van der Waals surface area contributed by atoms with E-state index in [-0.39, 0.29) is 29.1 Å². The van der Waals surface area contributed by atoms with E-state index in [1.54, 1.807) is 13.0 Å². The van der Waals surface area contributed by atoms with Crippen LogP contribution in [-0.2, 0) is 20.7 Å². The summed E-state index contributed by atoms with van der Waals surface area (Å²) in [6.45, 7) is 2.60. The number of alkyl halides is 1. The second kappa shape index (κ2) is 11.9. The maximum atomic E-state index is 12.7. The van der Waals surface area contributed by atoms with Gasteiger partial charge in [0.1, 0.15) is 17.0 Å². The summed E-state index contributed by atoms with van der Waals surface area (Å²) in [5, 5.41) is 3.22. The number of esters is 1. The highest BCUT2D eigenvalue weighted by atomic mass is 79.9. The Morgan fingerprint density at radius 2 is 1.79 bits per heavy atom. The van der Waals surface area contributed by atoms with Gasteiger partial charge in [-0.3, -0.25) is 9.59 Å². The van der Waals surface area contributed by atoms with Gasteiger partial charge >= 0.3 is 5.97 Å². The average molecular weight is 458 g/mol. The molecule has 0 amide bonds. The van der Waals surface area contributed by atoms with Gasteiger partial charge in [-0.05, 0) is 48.9 Å². The third kappa shape index (κ3) is 8.34. The standard InChI is InChI=1S/C9H8FNO.C6H7FN2.C4H7BrO2/c10-7-1-2-9-6(3-7)4-8(12)5-11-9;7-4-1-2-5(8)6(9)3-4;1-2-7-4(6)3-5/h1-3,11H,4-5H2;1-3H,8-9H2;2-3H2,1H3. The Hall–Kier alpha value is -2.68. The second-order valence-corrected chi connectivity index (χ2v) is 6.14. The Kier molecular flexibility index (Phi) is 9.94. The minimum atomic E-state index is -0.360. The molecule has 5 N–H and O–H groups in total. The number of anilines is 3. The van der Waals surface area contributed by atoms with Crippen LogP contribution in [0.25, 0.3) is 0 Å². The fourth-order valence-corrected chi connectivity index (χ4v) is 2.26. The van der Waals surface area contributed by atoms with Crippen LogP contribution >= 0.6 is 15.9 Å². The van der Waals surface area contributed by atoms with Gasteiger partial charge in [0.25, 0.3) is 0 Å². The van der Waals surface area contributed by atoms with Crippen molar-refractivity contribution in [3.05, 3.63) is 53.6 Å². The van der Waals surface area contributed by atoms with Crippen LogP contribution in [0.5, 0.6) is 0 Å². The van der Waals surface area contributed by atoms with E-state index in [1.165, 1.54) is 30.3 Å². The van der Waals surface area contributed by atoms with Crippen molar-refractivity contribution < 1.29 is 23.1 Å². The molecule has 1 heterocycles. The van der Waals surface area contributed by atoms with Crippen molar-refractivity contribution in [1.29, 1.82) is 0 Å². The van der Waals surface area contributed by atoms with Gasteiger partial charge in [0.05, 0.1) is 24.5 Å². The molecule has 152 valence electrons. The number of rotatable bonds is 2. The third-order valence-electron chi connectivity index (χ3n) is 3.39. The van der Waals surface area contributed by atoms with E-state index in [9.17, 15) is 18.4 Å². The van der Waals surface area contributed by atoms with Crippen LogP contribution in [0.4, 0.5) is 25.8 Å². The van der Waals surface area contributed by atoms with Crippen LogP contribution < -0.4 is 16.8 Å². The van der Waals surface area contributed by atoms with Crippen LogP contribution in [0, 0.1) is 11.6 Å². The summed E-state index contributed by atoms with van der Waals surface area (Å²) in [6, 6.07) is 8.35. The molecule has 3 rings (SSSR count). The molecule has 0 fully saturated rings. The van der Waals surface area contributed by atoms with Crippen molar-refractivity contribution >= 4 is 44.7 Å². The van der Waals surface area contributed by atoms with Crippen LogP contribution in [0.3, 0.4) is 0 Å². The number of fused-ring (bicyclic) bond motifs is 1. The van der Waals surface area contributed by atoms with Crippen LogP contribution in [0.15, 0.2) is 36.4 Å². The second-order valence-electron chi connectivity index (χ2n) is 5.58. The minimum Gasteiger partial charge on any atom is -0.465 e. The molecule has 0 bridgehead atoms. The smallest absolute Gasteiger partial charge is 0.316 e. The number of ether oxygens (including phenoxy) is 1. The molecular weight excluding hydrogens is 436 g/mol.